The third-order valence-corrected chi connectivity index (χ3v) is 4.22. The minimum absolute atomic E-state index is 0.151. The molecule has 0 bridgehead atoms. The molecule has 1 atom stereocenters. The summed E-state index contributed by atoms with van der Waals surface area (Å²) in [5.74, 6) is -1.64. The van der Waals surface area contributed by atoms with Gasteiger partial charge in [-0.25, -0.2) is 4.39 Å². The summed E-state index contributed by atoms with van der Waals surface area (Å²) in [5, 5.41) is 11.6. The van der Waals surface area contributed by atoms with Gasteiger partial charge in [-0.2, -0.15) is 0 Å². The fourth-order valence-corrected chi connectivity index (χ4v) is 3.00. The Bertz CT molecular complexity index is 597. The second-order valence-corrected chi connectivity index (χ2v) is 5.99. The lowest BCUT2D eigenvalue weighted by Crippen LogP contribution is -2.35. The Hall–Kier alpha value is -1.39. The molecule has 0 saturated heterocycles. The maximum Gasteiger partial charge on any atom is 0.314 e. The zero-order chi connectivity index (χ0) is 14.0. The topological polar surface area (TPSA) is 37.3 Å². The lowest BCUT2D eigenvalue weighted by atomic mass is 9.79. The monoisotopic (exact) mass is 298 g/mol. The molecule has 1 unspecified atom stereocenters. The molecule has 5 heteroatoms. The summed E-state index contributed by atoms with van der Waals surface area (Å²) >= 11 is 7.16. The molecule has 2 nitrogen and oxygen atoms in total. The second kappa shape index (κ2) is 5.31. The minimum atomic E-state index is -1.31. The molecule has 19 heavy (non-hydrogen) atoms. The zero-order valence-corrected chi connectivity index (χ0v) is 11.8. The normalized spacial score (nSPS) is 14.1. The Balaban J connectivity index is 2.47. The minimum Gasteiger partial charge on any atom is -0.481 e. The van der Waals surface area contributed by atoms with E-state index in [1.165, 1.54) is 30.4 Å². The first kappa shape index (κ1) is 14.0. The van der Waals surface area contributed by atoms with Gasteiger partial charge in [0.25, 0.3) is 0 Å². The van der Waals surface area contributed by atoms with Crippen molar-refractivity contribution in [3.63, 3.8) is 0 Å². The van der Waals surface area contributed by atoms with Gasteiger partial charge in [-0.05, 0) is 30.5 Å². The van der Waals surface area contributed by atoms with Crippen LogP contribution in [0.1, 0.15) is 17.4 Å². The first-order valence-corrected chi connectivity index (χ1v) is 6.90. The van der Waals surface area contributed by atoms with E-state index in [4.69, 9.17) is 11.6 Å². The number of rotatable bonds is 4. The van der Waals surface area contributed by atoms with Crippen molar-refractivity contribution in [1.29, 1.82) is 0 Å². The summed E-state index contributed by atoms with van der Waals surface area (Å²) in [6, 6.07) is 7.79. The lowest BCUT2D eigenvalue weighted by molar-refractivity contribution is -0.143. The highest BCUT2D eigenvalue weighted by molar-refractivity contribution is 7.09. The van der Waals surface area contributed by atoms with Gasteiger partial charge in [0.15, 0.2) is 0 Å². The van der Waals surface area contributed by atoms with E-state index in [0.29, 0.717) is 0 Å². The van der Waals surface area contributed by atoms with Crippen molar-refractivity contribution in [2.24, 2.45) is 0 Å². The molecular formula is C14H12ClFO2S. The van der Waals surface area contributed by atoms with Crippen molar-refractivity contribution in [1.82, 2.24) is 0 Å². The van der Waals surface area contributed by atoms with Crippen LogP contribution in [0.25, 0.3) is 0 Å². The average Bonchev–Trinajstić information content (AvgIpc) is 2.81. The van der Waals surface area contributed by atoms with Crippen molar-refractivity contribution in [3.8, 4) is 0 Å². The SMILES string of the molecule is CC(Cc1cccs1)(C(=O)O)c1ccc(Cl)cc1F. The van der Waals surface area contributed by atoms with Crippen molar-refractivity contribution < 1.29 is 14.3 Å². The largest absolute Gasteiger partial charge is 0.481 e. The number of carbonyl (C=O) groups is 1. The number of carboxylic acids is 1. The van der Waals surface area contributed by atoms with E-state index >= 15 is 0 Å². The molecular weight excluding hydrogens is 287 g/mol. The van der Waals surface area contributed by atoms with Gasteiger partial charge in [0.05, 0.1) is 5.41 Å². The lowest BCUT2D eigenvalue weighted by Gasteiger charge is -2.25. The number of hydrogen-bond acceptors (Lipinski definition) is 2. The first-order valence-electron chi connectivity index (χ1n) is 5.65. The summed E-state index contributed by atoms with van der Waals surface area (Å²) in [4.78, 5) is 12.5. The van der Waals surface area contributed by atoms with Gasteiger partial charge in [-0.3, -0.25) is 4.79 Å². The van der Waals surface area contributed by atoms with Crippen molar-refractivity contribution >= 4 is 28.9 Å². The van der Waals surface area contributed by atoms with Crippen LogP contribution in [0, 0.1) is 5.82 Å². The quantitative estimate of drug-likeness (QED) is 0.921. The van der Waals surface area contributed by atoms with Gasteiger partial charge in [0.1, 0.15) is 5.82 Å². The van der Waals surface area contributed by atoms with E-state index in [0.717, 1.165) is 10.9 Å². The third-order valence-electron chi connectivity index (χ3n) is 3.11. The molecule has 0 fully saturated rings. The molecule has 0 spiro atoms. The number of carboxylic acid groups (broad SMARTS) is 1. The standard InChI is InChI=1S/C14H12ClFO2S/c1-14(13(17)18,8-10-3-2-6-19-10)11-5-4-9(15)7-12(11)16/h2-7H,8H2,1H3,(H,17,18). The molecule has 1 N–H and O–H groups in total. The molecule has 0 aliphatic heterocycles. The van der Waals surface area contributed by atoms with E-state index in [1.807, 2.05) is 17.5 Å². The first-order chi connectivity index (χ1) is 8.93. The van der Waals surface area contributed by atoms with Crippen LogP contribution in [-0.2, 0) is 16.6 Å². The maximum atomic E-state index is 14.0. The Morgan fingerprint density at radius 3 is 2.74 bits per heavy atom. The van der Waals surface area contributed by atoms with Crippen LogP contribution in [0.2, 0.25) is 5.02 Å². The highest BCUT2D eigenvalue weighted by Gasteiger charge is 2.38. The average molecular weight is 299 g/mol. The highest BCUT2D eigenvalue weighted by Crippen LogP contribution is 2.33. The van der Waals surface area contributed by atoms with Crippen LogP contribution in [0.3, 0.4) is 0 Å². The van der Waals surface area contributed by atoms with Gasteiger partial charge < -0.3 is 5.11 Å². The third kappa shape index (κ3) is 2.80. The molecule has 0 saturated carbocycles. The van der Waals surface area contributed by atoms with Crippen molar-refractivity contribution in [2.75, 3.05) is 0 Å². The molecule has 1 heterocycles. The molecule has 0 amide bonds. The summed E-state index contributed by atoms with van der Waals surface area (Å²) < 4.78 is 14.0. The van der Waals surface area contributed by atoms with E-state index in [-0.39, 0.29) is 17.0 Å². The van der Waals surface area contributed by atoms with Crippen LogP contribution in [0.5, 0.6) is 0 Å². The zero-order valence-electron chi connectivity index (χ0n) is 10.2. The van der Waals surface area contributed by atoms with Gasteiger partial charge in [-0.15, -0.1) is 11.3 Å². The summed E-state index contributed by atoms with van der Waals surface area (Å²) in [7, 11) is 0. The van der Waals surface area contributed by atoms with E-state index in [2.05, 4.69) is 0 Å². The van der Waals surface area contributed by atoms with Crippen LogP contribution in [-0.4, -0.2) is 11.1 Å². The van der Waals surface area contributed by atoms with Gasteiger partial charge in [-0.1, -0.05) is 23.7 Å². The van der Waals surface area contributed by atoms with Gasteiger partial charge >= 0.3 is 5.97 Å². The van der Waals surface area contributed by atoms with E-state index in [1.54, 1.807) is 0 Å². The molecule has 0 radical (unpaired) electrons. The van der Waals surface area contributed by atoms with Crippen LogP contribution < -0.4 is 0 Å². The molecule has 0 aliphatic rings. The Morgan fingerprint density at radius 2 is 2.21 bits per heavy atom. The van der Waals surface area contributed by atoms with Gasteiger partial charge in [0.2, 0.25) is 0 Å². The number of aliphatic carboxylic acids is 1. The fraction of sp³-hybridized carbons (Fsp3) is 0.214. The summed E-state index contributed by atoms with van der Waals surface area (Å²) in [5.41, 5.74) is -1.16. The summed E-state index contributed by atoms with van der Waals surface area (Å²) in [6.45, 7) is 1.53. The van der Waals surface area contributed by atoms with Crippen LogP contribution >= 0.6 is 22.9 Å². The molecule has 2 rings (SSSR count). The molecule has 0 aliphatic carbocycles. The van der Waals surface area contributed by atoms with Crippen molar-refractivity contribution in [3.05, 3.63) is 57.0 Å². The Morgan fingerprint density at radius 1 is 1.47 bits per heavy atom. The Kier molecular flexibility index (Phi) is 3.92. The molecule has 100 valence electrons. The number of benzene rings is 1. The van der Waals surface area contributed by atoms with Crippen LogP contribution in [0.15, 0.2) is 35.7 Å². The smallest absolute Gasteiger partial charge is 0.314 e. The van der Waals surface area contributed by atoms with Crippen LogP contribution in [0.4, 0.5) is 4.39 Å². The molecule has 2 aromatic rings. The molecule has 1 aromatic heterocycles. The predicted molar refractivity (Wildman–Crippen MR) is 74.4 cm³/mol. The number of hydrogen-bond donors (Lipinski definition) is 1. The van der Waals surface area contributed by atoms with E-state index in [9.17, 15) is 14.3 Å². The maximum absolute atomic E-state index is 14.0. The number of halogens is 2. The van der Waals surface area contributed by atoms with Gasteiger partial charge in [0, 0.05) is 21.9 Å². The Labute approximate surface area is 119 Å². The highest BCUT2D eigenvalue weighted by atomic mass is 35.5. The van der Waals surface area contributed by atoms with E-state index < -0.39 is 17.2 Å². The summed E-state index contributed by atoms with van der Waals surface area (Å²) in [6.07, 6.45) is 0.249. The fourth-order valence-electron chi connectivity index (χ4n) is 1.98. The van der Waals surface area contributed by atoms with Crippen molar-refractivity contribution in [2.45, 2.75) is 18.8 Å². The molecule has 1 aromatic carbocycles. The predicted octanol–water partition coefficient (Wildman–Crippen LogP) is 4.13. The second-order valence-electron chi connectivity index (χ2n) is 4.52. The number of thiophene rings is 1.